The number of hydrogen-bond acceptors (Lipinski definition) is 10. The van der Waals surface area contributed by atoms with Gasteiger partial charge in [-0.15, -0.1) is 11.3 Å². The van der Waals surface area contributed by atoms with E-state index >= 15 is 0 Å². The number of sulfonamides is 1. The smallest absolute Gasteiger partial charge is 0.240 e. The van der Waals surface area contributed by atoms with Crippen LogP contribution in [-0.2, 0) is 30.8 Å². The molecule has 4 aliphatic rings. The number of aromatic nitrogens is 2. The van der Waals surface area contributed by atoms with Crippen molar-refractivity contribution in [3.8, 4) is 22.3 Å². The molecule has 11 nitrogen and oxygen atoms in total. The van der Waals surface area contributed by atoms with Crippen molar-refractivity contribution in [2.24, 2.45) is 17.3 Å². The number of ether oxygens (including phenoxy) is 2. The Kier molecular flexibility index (Phi) is 12.1. The average Bonchev–Trinajstić information content (AvgIpc) is 4.09. The number of benzene rings is 2. The monoisotopic (exact) mass is 872 g/mol. The first kappa shape index (κ1) is 42.4. The topological polar surface area (TPSA) is 145 Å². The van der Waals surface area contributed by atoms with Crippen LogP contribution >= 0.6 is 22.9 Å². The first-order valence-electron chi connectivity index (χ1n) is 21.2. The Labute approximate surface area is 361 Å². The molecule has 3 fully saturated rings. The van der Waals surface area contributed by atoms with Gasteiger partial charge in [-0.1, -0.05) is 62.6 Å². The van der Waals surface area contributed by atoms with Crippen LogP contribution in [0.4, 0.5) is 0 Å². The molecule has 4 heterocycles. The van der Waals surface area contributed by atoms with Crippen LogP contribution in [0.25, 0.3) is 21.5 Å². The van der Waals surface area contributed by atoms with Crippen molar-refractivity contribution in [1.29, 1.82) is 0 Å². The van der Waals surface area contributed by atoms with Gasteiger partial charge in [0.2, 0.25) is 27.7 Å². The average molecular weight is 874 g/mol. The van der Waals surface area contributed by atoms with Gasteiger partial charge in [0, 0.05) is 34.5 Å². The van der Waals surface area contributed by atoms with E-state index < -0.39 is 44.7 Å². The molecule has 8 rings (SSSR count). The van der Waals surface area contributed by atoms with Gasteiger partial charge in [-0.05, 0) is 111 Å². The molecule has 14 heteroatoms. The Morgan fingerprint density at radius 3 is 2.62 bits per heavy atom. The Morgan fingerprint density at radius 2 is 1.88 bits per heavy atom. The Morgan fingerprint density at radius 1 is 1.07 bits per heavy atom. The van der Waals surface area contributed by atoms with Crippen molar-refractivity contribution in [2.45, 2.75) is 115 Å². The van der Waals surface area contributed by atoms with Crippen molar-refractivity contribution in [1.82, 2.24) is 19.6 Å². The molecule has 0 bridgehead atoms. The summed E-state index contributed by atoms with van der Waals surface area (Å²) in [5.41, 5.74) is 2.25. The minimum atomic E-state index is -3.84. The molecule has 318 valence electrons. The molecule has 0 spiro atoms. The number of halogens is 1. The third kappa shape index (κ3) is 8.85. The fraction of sp³-hybridized carbons (Fsp3) is 0.500. The number of nitrogens with zero attached hydrogens (tertiary/aromatic N) is 3. The van der Waals surface area contributed by atoms with E-state index in [0.29, 0.717) is 48.7 Å². The van der Waals surface area contributed by atoms with E-state index in [0.717, 1.165) is 64.0 Å². The maximum atomic E-state index is 15.0. The van der Waals surface area contributed by atoms with Crippen molar-refractivity contribution in [2.75, 3.05) is 13.7 Å². The van der Waals surface area contributed by atoms with Crippen LogP contribution in [0.3, 0.4) is 0 Å². The number of carbonyl (C=O) groups is 3. The lowest BCUT2D eigenvalue weighted by molar-refractivity contribution is -0.142. The SMILES string of the molecule is COc1ccc2c(O[C@@H]3C[C@H]4C(=O)C[C@]5(C(=O)NS(=O)(=O)C6CC6)C[C@@H]5/C=C\CCCCC[C@H](Cc5cccc(Cl)c5)C(=O)N4C3)nc(-c3nc(C(C)C)cs3)cc2c1C. The summed E-state index contributed by atoms with van der Waals surface area (Å²) in [7, 11) is -2.20. The van der Waals surface area contributed by atoms with Gasteiger partial charge in [0.25, 0.3) is 0 Å². The summed E-state index contributed by atoms with van der Waals surface area (Å²) in [5, 5.41) is 4.45. The fourth-order valence-corrected chi connectivity index (χ4v) is 11.5. The van der Waals surface area contributed by atoms with Gasteiger partial charge in [0.05, 0.1) is 36.1 Å². The molecule has 0 radical (unpaired) electrons. The van der Waals surface area contributed by atoms with Crippen molar-refractivity contribution < 1.29 is 32.3 Å². The van der Waals surface area contributed by atoms with Crippen LogP contribution in [0.1, 0.15) is 101 Å². The Hall–Kier alpha value is -4.33. The molecule has 2 aromatic heterocycles. The molecular formula is C46H53ClN4O7S2. The second-order valence-corrected chi connectivity index (χ2v) is 20.7. The van der Waals surface area contributed by atoms with E-state index in [2.05, 4.69) is 24.6 Å². The number of aryl methyl sites for hydroxylation is 1. The number of thiazole rings is 1. The number of carbonyl (C=O) groups excluding carboxylic acids is 3. The lowest BCUT2D eigenvalue weighted by Gasteiger charge is -2.29. The van der Waals surface area contributed by atoms with Crippen molar-refractivity contribution in [3.63, 3.8) is 0 Å². The highest BCUT2D eigenvalue weighted by molar-refractivity contribution is 7.90. The summed E-state index contributed by atoms with van der Waals surface area (Å²) >= 11 is 7.91. The maximum Gasteiger partial charge on any atom is 0.240 e. The first-order valence-corrected chi connectivity index (χ1v) is 24.0. The molecule has 60 heavy (non-hydrogen) atoms. The number of methoxy groups -OCH3 is 1. The Bertz CT molecular complexity index is 2450. The molecular weight excluding hydrogens is 820 g/mol. The second kappa shape index (κ2) is 17.2. The van der Waals surface area contributed by atoms with Crippen molar-refractivity contribution in [3.05, 3.63) is 81.8 Å². The fourth-order valence-electron chi connectivity index (χ4n) is 8.94. The number of Topliss-reactive ketones (excluding diaryl/α,β-unsaturated/α-hetero) is 1. The number of fused-ring (bicyclic) bond motifs is 3. The number of amides is 2. The summed E-state index contributed by atoms with van der Waals surface area (Å²) < 4.78 is 40.9. The number of hydrogen-bond donors (Lipinski definition) is 1. The largest absolute Gasteiger partial charge is 0.496 e. The number of ketones is 1. The summed E-state index contributed by atoms with van der Waals surface area (Å²) in [4.78, 5) is 55.3. The zero-order valence-electron chi connectivity index (χ0n) is 34.6. The number of nitrogens with one attached hydrogen (secondary N) is 1. The lowest BCUT2D eigenvalue weighted by Crippen LogP contribution is -2.46. The second-order valence-electron chi connectivity index (χ2n) is 17.4. The molecule has 2 saturated carbocycles. The van der Waals surface area contributed by atoms with Crippen LogP contribution in [-0.4, -0.2) is 71.9 Å². The third-order valence-electron chi connectivity index (χ3n) is 12.7. The number of allylic oxidation sites excluding steroid dienone is 2. The van der Waals surface area contributed by atoms with Gasteiger partial charge in [-0.3, -0.25) is 19.1 Å². The van der Waals surface area contributed by atoms with E-state index in [9.17, 15) is 22.8 Å². The van der Waals surface area contributed by atoms with E-state index in [-0.39, 0.29) is 42.9 Å². The van der Waals surface area contributed by atoms with Crippen molar-refractivity contribution >= 4 is 61.3 Å². The molecule has 2 aromatic carbocycles. The van der Waals surface area contributed by atoms with Gasteiger partial charge in [0.15, 0.2) is 5.78 Å². The lowest BCUT2D eigenvalue weighted by atomic mass is 9.90. The van der Waals surface area contributed by atoms with Crippen LogP contribution in [0.5, 0.6) is 11.6 Å². The van der Waals surface area contributed by atoms with Gasteiger partial charge < -0.3 is 14.4 Å². The van der Waals surface area contributed by atoms with Crippen LogP contribution < -0.4 is 14.2 Å². The highest BCUT2D eigenvalue weighted by atomic mass is 35.5. The minimum Gasteiger partial charge on any atom is -0.496 e. The van der Waals surface area contributed by atoms with Gasteiger partial charge >= 0.3 is 0 Å². The summed E-state index contributed by atoms with van der Waals surface area (Å²) in [6.07, 6.45) is 9.32. The predicted octanol–water partition coefficient (Wildman–Crippen LogP) is 8.75. The zero-order chi connectivity index (χ0) is 42.3. The van der Waals surface area contributed by atoms with Crippen LogP contribution in [0, 0.1) is 24.2 Å². The van der Waals surface area contributed by atoms with E-state index in [1.165, 1.54) is 11.3 Å². The number of rotatable bonds is 10. The highest BCUT2D eigenvalue weighted by Crippen LogP contribution is 2.57. The molecule has 2 amide bonds. The van der Waals surface area contributed by atoms with E-state index in [4.69, 9.17) is 31.0 Å². The summed E-state index contributed by atoms with van der Waals surface area (Å²) in [6, 6.07) is 12.4. The highest BCUT2D eigenvalue weighted by Gasteiger charge is 2.61. The summed E-state index contributed by atoms with van der Waals surface area (Å²) in [6.45, 7) is 6.32. The molecule has 0 unspecified atom stereocenters. The predicted molar refractivity (Wildman–Crippen MR) is 234 cm³/mol. The van der Waals surface area contributed by atoms with Crippen LogP contribution in [0.15, 0.2) is 60.0 Å². The quantitative estimate of drug-likeness (QED) is 0.155. The minimum absolute atomic E-state index is 0.136. The molecule has 2 aliphatic heterocycles. The first-order chi connectivity index (χ1) is 28.8. The molecule has 1 saturated heterocycles. The van der Waals surface area contributed by atoms with Gasteiger partial charge in [0.1, 0.15) is 22.6 Å². The van der Waals surface area contributed by atoms with Crippen LogP contribution in [0.2, 0.25) is 5.02 Å². The molecule has 5 atom stereocenters. The van der Waals surface area contributed by atoms with Gasteiger partial charge in [-0.25, -0.2) is 18.4 Å². The van der Waals surface area contributed by atoms with E-state index in [1.807, 2.05) is 60.8 Å². The van der Waals surface area contributed by atoms with E-state index in [1.54, 1.807) is 12.0 Å². The van der Waals surface area contributed by atoms with Gasteiger partial charge in [-0.2, -0.15) is 0 Å². The molecule has 2 aliphatic carbocycles. The molecule has 4 aromatic rings. The zero-order valence-corrected chi connectivity index (χ0v) is 37.0. The normalized spacial score (nSPS) is 25.6. The standard InChI is InChI=1S/C46H53ClN4O7S2/c1-27(2)38-26-59-43(49-38)37-22-36-28(3)41(57-4)18-17-35(36)42(48-37)58-33-21-39-40(52)24-46(45(54)50-60(55,56)34-15-16-34)23-31(46)13-9-7-5-6-8-12-30(44(53)51(39)25-33)19-29-11-10-14-32(47)20-29/h9-11,13-14,17-18,20,22,26-27,30-31,33-34,39H,5-8,12,15-16,19,21,23-25H2,1-4H3,(H,50,54)/b13-9-/t30-,31+,33-,39+,46-/m1/s1. The maximum absolute atomic E-state index is 15.0. The third-order valence-corrected chi connectivity index (χ3v) is 15.7. The Balaban J connectivity index is 1.15. The summed E-state index contributed by atoms with van der Waals surface area (Å²) in [5.74, 6) is -0.443. The molecule has 1 N–H and O–H groups in total. The number of pyridine rings is 1.